The Kier molecular flexibility index (Phi) is 6.28. The van der Waals surface area contributed by atoms with Crippen LogP contribution >= 0.6 is 0 Å². The second kappa shape index (κ2) is 9.12. The Bertz CT molecular complexity index is 1300. The zero-order chi connectivity index (χ0) is 22.8. The number of fused-ring (bicyclic) bond motifs is 2. The molecule has 0 bridgehead atoms. The van der Waals surface area contributed by atoms with Crippen molar-refractivity contribution in [2.75, 3.05) is 38.1 Å². The Balaban J connectivity index is 0.000000775. The lowest BCUT2D eigenvalue weighted by Crippen LogP contribution is -2.44. The minimum absolute atomic E-state index is 0.376. The molecule has 0 atom stereocenters. The first-order valence-corrected chi connectivity index (χ1v) is 11.2. The lowest BCUT2D eigenvalue weighted by Gasteiger charge is -2.34. The molecule has 3 aromatic heterocycles. The minimum Gasteiger partial charge on any atom is -0.422 e. The highest BCUT2D eigenvalue weighted by molar-refractivity contribution is 5.84. The van der Waals surface area contributed by atoms with Crippen molar-refractivity contribution in [3.05, 3.63) is 58.5 Å². The van der Waals surface area contributed by atoms with Gasteiger partial charge in [-0.25, -0.2) is 9.78 Å². The summed E-state index contributed by atoms with van der Waals surface area (Å²) in [5.41, 5.74) is 4.86. The molecule has 1 aliphatic heterocycles. The third-order valence-electron chi connectivity index (χ3n) is 5.59. The van der Waals surface area contributed by atoms with Crippen LogP contribution in [0.4, 0.5) is 5.69 Å². The van der Waals surface area contributed by atoms with E-state index in [1.807, 2.05) is 48.8 Å². The molecule has 0 aliphatic carbocycles. The third-order valence-corrected chi connectivity index (χ3v) is 5.59. The fourth-order valence-corrected chi connectivity index (χ4v) is 3.97. The van der Waals surface area contributed by atoms with E-state index in [9.17, 15) is 4.79 Å². The molecular formula is C25H31N5O2. The highest BCUT2D eigenvalue weighted by Gasteiger charge is 2.17. The molecule has 4 aromatic rings. The maximum absolute atomic E-state index is 12.7. The molecule has 0 saturated carbocycles. The molecule has 5 rings (SSSR count). The highest BCUT2D eigenvalue weighted by Crippen LogP contribution is 2.26. The number of rotatable bonds is 2. The first-order valence-electron chi connectivity index (χ1n) is 11.2. The van der Waals surface area contributed by atoms with E-state index in [1.165, 1.54) is 6.42 Å². The van der Waals surface area contributed by atoms with Crippen LogP contribution in [0.3, 0.4) is 0 Å². The van der Waals surface area contributed by atoms with Crippen molar-refractivity contribution in [2.45, 2.75) is 34.1 Å². The highest BCUT2D eigenvalue weighted by atomic mass is 16.4. The van der Waals surface area contributed by atoms with Gasteiger partial charge in [0, 0.05) is 55.7 Å². The molecule has 1 aliphatic rings. The Morgan fingerprint density at radius 1 is 1.00 bits per heavy atom. The number of nitrogens with zero attached hydrogens (tertiary/aromatic N) is 5. The molecular weight excluding hydrogens is 402 g/mol. The van der Waals surface area contributed by atoms with Crippen LogP contribution in [0.15, 0.2) is 45.9 Å². The standard InChI is InChI=1S/C22H23N5O2.C3H8/c1-14-12-27-13-19(24-21(27)15(2)23-14)18-10-16-4-5-17(11-20(16)29-22(18)28)26-8-6-25(3)7-9-26;1-3-2/h4-5,10-13H,6-9H2,1-3H3;3H2,1-2H3. The molecule has 1 fully saturated rings. The molecule has 4 heterocycles. The van der Waals surface area contributed by atoms with Gasteiger partial charge in [0.2, 0.25) is 0 Å². The molecule has 0 unspecified atom stereocenters. The quantitative estimate of drug-likeness (QED) is 0.440. The maximum Gasteiger partial charge on any atom is 0.345 e. The van der Waals surface area contributed by atoms with Gasteiger partial charge in [0.1, 0.15) is 5.58 Å². The van der Waals surface area contributed by atoms with Gasteiger partial charge in [0.05, 0.1) is 22.6 Å². The summed E-state index contributed by atoms with van der Waals surface area (Å²) in [6.45, 7) is 12.1. The van der Waals surface area contributed by atoms with Crippen LogP contribution in [0.1, 0.15) is 31.7 Å². The maximum atomic E-state index is 12.7. The molecule has 0 radical (unpaired) electrons. The lowest BCUT2D eigenvalue weighted by molar-refractivity contribution is 0.313. The minimum atomic E-state index is -0.376. The Labute approximate surface area is 188 Å². The van der Waals surface area contributed by atoms with Gasteiger partial charge < -0.3 is 18.6 Å². The predicted molar refractivity (Wildman–Crippen MR) is 130 cm³/mol. The summed E-state index contributed by atoms with van der Waals surface area (Å²) in [7, 11) is 2.14. The SMILES string of the molecule is CCC.Cc1cn2cc(-c3cc4ccc(N5CCN(C)CC5)cc4oc3=O)nc2c(C)n1. The second-order valence-electron chi connectivity index (χ2n) is 8.49. The molecule has 7 nitrogen and oxygen atoms in total. The van der Waals surface area contributed by atoms with Gasteiger partial charge in [-0.1, -0.05) is 20.3 Å². The smallest absolute Gasteiger partial charge is 0.345 e. The fraction of sp³-hybridized carbons (Fsp3) is 0.400. The van der Waals surface area contributed by atoms with Crippen LogP contribution in [0.5, 0.6) is 0 Å². The number of hydrogen-bond donors (Lipinski definition) is 0. The third kappa shape index (κ3) is 4.39. The van der Waals surface area contributed by atoms with Crippen LogP contribution in [0.25, 0.3) is 27.9 Å². The fourth-order valence-electron chi connectivity index (χ4n) is 3.97. The molecule has 0 N–H and O–H groups in total. The zero-order valence-electron chi connectivity index (χ0n) is 19.6. The van der Waals surface area contributed by atoms with Crippen molar-refractivity contribution < 1.29 is 4.42 Å². The number of aromatic nitrogens is 3. The number of anilines is 1. The van der Waals surface area contributed by atoms with E-state index in [0.29, 0.717) is 16.8 Å². The van der Waals surface area contributed by atoms with Crippen LogP contribution in [-0.4, -0.2) is 52.5 Å². The first kappa shape index (κ1) is 22.0. The van der Waals surface area contributed by atoms with Crippen LogP contribution in [0, 0.1) is 13.8 Å². The van der Waals surface area contributed by atoms with Gasteiger partial charge in [-0.05, 0) is 39.1 Å². The largest absolute Gasteiger partial charge is 0.422 e. The van der Waals surface area contributed by atoms with E-state index < -0.39 is 0 Å². The van der Waals surface area contributed by atoms with Crippen LogP contribution < -0.4 is 10.5 Å². The molecule has 32 heavy (non-hydrogen) atoms. The van der Waals surface area contributed by atoms with Crippen LogP contribution in [0.2, 0.25) is 0 Å². The lowest BCUT2D eigenvalue weighted by atomic mass is 10.1. The summed E-state index contributed by atoms with van der Waals surface area (Å²) in [6.07, 6.45) is 5.01. The van der Waals surface area contributed by atoms with Gasteiger partial charge >= 0.3 is 5.63 Å². The van der Waals surface area contributed by atoms with Gasteiger partial charge in [0.25, 0.3) is 0 Å². The van der Waals surface area contributed by atoms with Crippen molar-refractivity contribution >= 4 is 22.3 Å². The predicted octanol–water partition coefficient (Wildman–Crippen LogP) is 4.29. The summed E-state index contributed by atoms with van der Waals surface area (Å²) in [5.74, 6) is 0. The topological polar surface area (TPSA) is 66.9 Å². The van der Waals surface area contributed by atoms with Crippen molar-refractivity contribution in [1.82, 2.24) is 19.3 Å². The number of piperazine rings is 1. The number of likely N-dealkylation sites (N-methyl/N-ethyl adjacent to an activating group) is 1. The molecule has 0 spiro atoms. The molecule has 1 aromatic carbocycles. The van der Waals surface area contributed by atoms with E-state index in [4.69, 9.17) is 4.42 Å². The Hall–Kier alpha value is -3.19. The van der Waals surface area contributed by atoms with E-state index >= 15 is 0 Å². The number of imidazole rings is 1. The molecule has 1 saturated heterocycles. The molecule has 7 heteroatoms. The average Bonchev–Trinajstić information content (AvgIpc) is 3.18. The van der Waals surface area contributed by atoms with E-state index in [1.54, 1.807) is 0 Å². The average molecular weight is 434 g/mol. The van der Waals surface area contributed by atoms with E-state index in [0.717, 1.165) is 54.3 Å². The number of aryl methyl sites for hydroxylation is 2. The van der Waals surface area contributed by atoms with Gasteiger partial charge in [0.15, 0.2) is 5.65 Å². The van der Waals surface area contributed by atoms with E-state index in [-0.39, 0.29) is 5.63 Å². The summed E-state index contributed by atoms with van der Waals surface area (Å²) in [6, 6.07) is 7.94. The van der Waals surface area contributed by atoms with Crippen molar-refractivity contribution in [2.24, 2.45) is 0 Å². The molecule has 0 amide bonds. The number of benzene rings is 1. The van der Waals surface area contributed by atoms with E-state index in [2.05, 4.69) is 46.7 Å². The molecule has 168 valence electrons. The Morgan fingerprint density at radius 2 is 1.72 bits per heavy atom. The zero-order valence-corrected chi connectivity index (χ0v) is 19.6. The number of hydrogen-bond acceptors (Lipinski definition) is 6. The first-order chi connectivity index (χ1) is 15.4. The summed E-state index contributed by atoms with van der Waals surface area (Å²) < 4.78 is 7.60. The summed E-state index contributed by atoms with van der Waals surface area (Å²) >= 11 is 0. The van der Waals surface area contributed by atoms with Crippen molar-refractivity contribution in [3.8, 4) is 11.3 Å². The Morgan fingerprint density at radius 3 is 2.44 bits per heavy atom. The summed E-state index contributed by atoms with van der Waals surface area (Å²) in [5, 5.41) is 0.889. The second-order valence-corrected chi connectivity index (χ2v) is 8.49. The summed E-state index contributed by atoms with van der Waals surface area (Å²) in [4.78, 5) is 26.4. The van der Waals surface area contributed by atoms with Gasteiger partial charge in [-0.2, -0.15) is 0 Å². The van der Waals surface area contributed by atoms with Crippen molar-refractivity contribution in [1.29, 1.82) is 0 Å². The van der Waals surface area contributed by atoms with Gasteiger partial charge in [-0.3, -0.25) is 4.98 Å². The van der Waals surface area contributed by atoms with Crippen molar-refractivity contribution in [3.63, 3.8) is 0 Å². The monoisotopic (exact) mass is 433 g/mol. The normalized spacial score (nSPS) is 14.6. The van der Waals surface area contributed by atoms with Crippen LogP contribution in [-0.2, 0) is 0 Å². The van der Waals surface area contributed by atoms with Gasteiger partial charge in [-0.15, -0.1) is 0 Å².